The van der Waals surface area contributed by atoms with Gasteiger partial charge in [0.2, 0.25) is 0 Å². The molecule has 2 unspecified atom stereocenters. The number of nitrogens with two attached hydrogens (primary N) is 1. The van der Waals surface area contributed by atoms with Crippen LogP contribution in [0.4, 0.5) is 0 Å². The van der Waals surface area contributed by atoms with Crippen LogP contribution in [0.25, 0.3) is 0 Å². The standard InChI is InChI=1S/C14H21BrN2/c1-2-17-8-4-6-12(10-16)14(17)11-5-3-7-13(15)9-11/h3,5,7,9,12,14H,2,4,6,8,10,16H2,1H3. The first-order chi connectivity index (χ1) is 8.26. The van der Waals surface area contributed by atoms with E-state index < -0.39 is 0 Å². The first-order valence-corrected chi connectivity index (χ1v) is 7.25. The van der Waals surface area contributed by atoms with E-state index in [2.05, 4.69) is 52.0 Å². The molecule has 0 aromatic heterocycles. The van der Waals surface area contributed by atoms with Crippen molar-refractivity contribution in [3.8, 4) is 0 Å². The van der Waals surface area contributed by atoms with Gasteiger partial charge < -0.3 is 5.73 Å². The Balaban J connectivity index is 2.29. The maximum atomic E-state index is 5.95. The van der Waals surface area contributed by atoms with Crippen LogP contribution in [0.15, 0.2) is 28.7 Å². The zero-order valence-electron chi connectivity index (χ0n) is 10.4. The van der Waals surface area contributed by atoms with E-state index in [-0.39, 0.29) is 0 Å². The fourth-order valence-corrected chi connectivity index (χ4v) is 3.34. The summed E-state index contributed by atoms with van der Waals surface area (Å²) in [6.07, 6.45) is 2.53. The van der Waals surface area contributed by atoms with E-state index in [1.54, 1.807) is 0 Å². The Kier molecular flexibility index (Phi) is 4.60. The Hall–Kier alpha value is -0.380. The molecule has 1 aliphatic rings. The topological polar surface area (TPSA) is 29.3 Å². The van der Waals surface area contributed by atoms with E-state index in [0.29, 0.717) is 12.0 Å². The van der Waals surface area contributed by atoms with Crippen molar-refractivity contribution in [1.82, 2.24) is 4.90 Å². The van der Waals surface area contributed by atoms with E-state index in [9.17, 15) is 0 Å². The molecular weight excluding hydrogens is 276 g/mol. The molecule has 3 heteroatoms. The van der Waals surface area contributed by atoms with Crippen LogP contribution in [-0.2, 0) is 0 Å². The zero-order chi connectivity index (χ0) is 12.3. The minimum Gasteiger partial charge on any atom is -0.330 e. The molecule has 1 aliphatic heterocycles. The van der Waals surface area contributed by atoms with Gasteiger partial charge in [-0.1, -0.05) is 35.0 Å². The fourth-order valence-electron chi connectivity index (χ4n) is 2.93. The highest BCUT2D eigenvalue weighted by Gasteiger charge is 2.30. The van der Waals surface area contributed by atoms with Crippen LogP contribution >= 0.6 is 15.9 Å². The Labute approximate surface area is 112 Å². The third kappa shape index (κ3) is 2.90. The van der Waals surface area contributed by atoms with E-state index in [0.717, 1.165) is 17.6 Å². The van der Waals surface area contributed by atoms with Crippen molar-refractivity contribution < 1.29 is 0 Å². The lowest BCUT2D eigenvalue weighted by atomic mass is 9.85. The summed E-state index contributed by atoms with van der Waals surface area (Å²) in [6.45, 7) is 5.33. The maximum Gasteiger partial charge on any atom is 0.0388 e. The van der Waals surface area contributed by atoms with Crippen LogP contribution in [0.2, 0.25) is 0 Å². The predicted molar refractivity (Wildman–Crippen MR) is 75.9 cm³/mol. The Morgan fingerprint density at radius 2 is 2.29 bits per heavy atom. The molecule has 0 amide bonds. The highest BCUT2D eigenvalue weighted by Crippen LogP contribution is 2.35. The molecule has 2 rings (SSSR count). The minimum atomic E-state index is 0.497. The SMILES string of the molecule is CCN1CCCC(CN)C1c1cccc(Br)c1. The second-order valence-corrected chi connectivity index (χ2v) is 5.68. The molecule has 1 aromatic rings. The van der Waals surface area contributed by atoms with Gasteiger partial charge in [-0.2, -0.15) is 0 Å². The number of likely N-dealkylation sites (tertiary alicyclic amines) is 1. The van der Waals surface area contributed by atoms with Crippen LogP contribution in [0.3, 0.4) is 0 Å². The highest BCUT2D eigenvalue weighted by molar-refractivity contribution is 9.10. The van der Waals surface area contributed by atoms with Crippen molar-refractivity contribution in [3.05, 3.63) is 34.3 Å². The number of piperidine rings is 1. The number of benzene rings is 1. The number of hydrogen-bond acceptors (Lipinski definition) is 2. The molecule has 1 fully saturated rings. The van der Waals surface area contributed by atoms with Crippen molar-refractivity contribution >= 4 is 15.9 Å². The highest BCUT2D eigenvalue weighted by atomic mass is 79.9. The molecule has 0 bridgehead atoms. The smallest absolute Gasteiger partial charge is 0.0388 e. The maximum absolute atomic E-state index is 5.95. The first kappa shape index (κ1) is 13.1. The van der Waals surface area contributed by atoms with Gasteiger partial charge in [0.1, 0.15) is 0 Å². The van der Waals surface area contributed by atoms with Gasteiger partial charge in [0.05, 0.1) is 0 Å². The van der Waals surface area contributed by atoms with Crippen LogP contribution in [0.1, 0.15) is 31.4 Å². The van der Waals surface area contributed by atoms with E-state index in [4.69, 9.17) is 5.73 Å². The second-order valence-electron chi connectivity index (χ2n) is 4.77. The van der Waals surface area contributed by atoms with Crippen LogP contribution < -0.4 is 5.73 Å². The first-order valence-electron chi connectivity index (χ1n) is 6.45. The summed E-state index contributed by atoms with van der Waals surface area (Å²) in [4.78, 5) is 2.56. The molecule has 0 saturated carbocycles. The molecule has 0 radical (unpaired) electrons. The third-order valence-electron chi connectivity index (χ3n) is 3.76. The van der Waals surface area contributed by atoms with Crippen molar-refractivity contribution in [2.45, 2.75) is 25.8 Å². The van der Waals surface area contributed by atoms with Gasteiger partial charge in [-0.05, 0) is 56.1 Å². The van der Waals surface area contributed by atoms with Gasteiger partial charge in [0, 0.05) is 10.5 Å². The lowest BCUT2D eigenvalue weighted by molar-refractivity contribution is 0.102. The fraction of sp³-hybridized carbons (Fsp3) is 0.571. The monoisotopic (exact) mass is 296 g/mol. The summed E-state index contributed by atoms with van der Waals surface area (Å²) in [5.74, 6) is 0.595. The average Bonchev–Trinajstić information content (AvgIpc) is 2.37. The summed E-state index contributed by atoms with van der Waals surface area (Å²) < 4.78 is 1.16. The lowest BCUT2D eigenvalue weighted by Gasteiger charge is -2.41. The van der Waals surface area contributed by atoms with Gasteiger partial charge in [-0.15, -0.1) is 0 Å². The molecule has 0 aliphatic carbocycles. The summed E-state index contributed by atoms with van der Waals surface area (Å²) in [6, 6.07) is 9.17. The van der Waals surface area contributed by atoms with Crippen molar-refractivity contribution in [1.29, 1.82) is 0 Å². The molecule has 17 heavy (non-hydrogen) atoms. The minimum absolute atomic E-state index is 0.497. The van der Waals surface area contributed by atoms with E-state index >= 15 is 0 Å². The van der Waals surface area contributed by atoms with Crippen LogP contribution in [-0.4, -0.2) is 24.5 Å². The second kappa shape index (κ2) is 5.98. The summed E-state index contributed by atoms with van der Waals surface area (Å²) >= 11 is 3.56. The predicted octanol–water partition coefficient (Wildman–Crippen LogP) is 3.18. The molecule has 1 heterocycles. The third-order valence-corrected chi connectivity index (χ3v) is 4.25. The van der Waals surface area contributed by atoms with Gasteiger partial charge in [-0.3, -0.25) is 4.90 Å². The summed E-state index contributed by atoms with van der Waals surface area (Å²) in [5.41, 5.74) is 7.35. The molecule has 2 N–H and O–H groups in total. The summed E-state index contributed by atoms with van der Waals surface area (Å²) in [7, 11) is 0. The quantitative estimate of drug-likeness (QED) is 0.928. The largest absolute Gasteiger partial charge is 0.330 e. The van der Waals surface area contributed by atoms with Crippen LogP contribution in [0.5, 0.6) is 0 Å². The number of rotatable bonds is 3. The summed E-state index contributed by atoms with van der Waals surface area (Å²) in [5, 5.41) is 0. The lowest BCUT2D eigenvalue weighted by Crippen LogP contribution is -2.41. The number of hydrogen-bond donors (Lipinski definition) is 1. The van der Waals surface area contributed by atoms with Gasteiger partial charge in [0.25, 0.3) is 0 Å². The van der Waals surface area contributed by atoms with Crippen LogP contribution in [0, 0.1) is 5.92 Å². The molecule has 94 valence electrons. The number of halogens is 1. The van der Waals surface area contributed by atoms with Crippen molar-refractivity contribution in [2.75, 3.05) is 19.6 Å². The Morgan fingerprint density at radius 3 is 2.94 bits per heavy atom. The Morgan fingerprint density at radius 1 is 1.47 bits per heavy atom. The van der Waals surface area contributed by atoms with Gasteiger partial charge in [0.15, 0.2) is 0 Å². The molecule has 0 spiro atoms. The van der Waals surface area contributed by atoms with E-state index in [1.807, 2.05) is 0 Å². The van der Waals surface area contributed by atoms with Crippen molar-refractivity contribution in [2.24, 2.45) is 11.7 Å². The number of nitrogens with zero attached hydrogens (tertiary/aromatic N) is 1. The normalized spacial score (nSPS) is 26.1. The Bertz CT molecular complexity index is 355. The molecule has 1 aromatic carbocycles. The molecule has 2 atom stereocenters. The molecule has 1 saturated heterocycles. The molecular formula is C14H21BrN2. The van der Waals surface area contributed by atoms with E-state index in [1.165, 1.54) is 24.9 Å². The van der Waals surface area contributed by atoms with Crippen molar-refractivity contribution in [3.63, 3.8) is 0 Å². The zero-order valence-corrected chi connectivity index (χ0v) is 12.0. The average molecular weight is 297 g/mol. The molecule has 2 nitrogen and oxygen atoms in total. The van der Waals surface area contributed by atoms with Gasteiger partial charge >= 0.3 is 0 Å². The van der Waals surface area contributed by atoms with Gasteiger partial charge in [-0.25, -0.2) is 0 Å².